The van der Waals surface area contributed by atoms with Gasteiger partial charge in [0.2, 0.25) is 5.91 Å². The Balaban J connectivity index is 1.96. The first kappa shape index (κ1) is 18.2. The molecule has 1 heterocycles. The molecule has 3 rings (SSSR count). The summed E-state index contributed by atoms with van der Waals surface area (Å²) < 4.78 is 3.57. The van der Waals surface area contributed by atoms with Gasteiger partial charge in [-0.1, -0.05) is 29.5 Å². The minimum Gasteiger partial charge on any atom is -0.509 e. The van der Waals surface area contributed by atoms with Gasteiger partial charge in [-0.05, 0) is 38.8 Å². The van der Waals surface area contributed by atoms with Gasteiger partial charge < -0.3 is 20.6 Å². The monoisotopic (exact) mass is 373 g/mol. The second-order valence-corrected chi connectivity index (χ2v) is 7.35. The summed E-state index contributed by atoms with van der Waals surface area (Å²) in [4.78, 5) is 29.1. The number of nitrogens with one attached hydrogen (secondary N) is 2. The average molecular weight is 373 g/mol. The molecule has 1 aliphatic heterocycles. The molecular formula is C18H19N3O4S. The first-order valence-corrected chi connectivity index (χ1v) is 9.03. The first-order chi connectivity index (χ1) is 12.4. The molecule has 0 radical (unpaired) electrons. The third-order valence-corrected chi connectivity index (χ3v) is 5.57. The van der Waals surface area contributed by atoms with Crippen molar-refractivity contribution in [2.45, 2.75) is 31.4 Å². The van der Waals surface area contributed by atoms with Gasteiger partial charge in [-0.2, -0.15) is 0 Å². The Morgan fingerprint density at radius 3 is 2.77 bits per heavy atom. The zero-order valence-corrected chi connectivity index (χ0v) is 15.3. The number of esters is 1. The molecule has 1 aromatic rings. The second-order valence-electron chi connectivity index (χ2n) is 6.06. The highest BCUT2D eigenvalue weighted by Gasteiger charge is 2.54. The molecule has 1 saturated heterocycles. The van der Waals surface area contributed by atoms with Crippen LogP contribution < -0.4 is 5.32 Å². The maximum atomic E-state index is 12.6. The summed E-state index contributed by atoms with van der Waals surface area (Å²) in [6, 6.07) is 7.48. The zero-order chi connectivity index (χ0) is 18.9. The van der Waals surface area contributed by atoms with Crippen LogP contribution in [0.25, 0.3) is 0 Å². The van der Waals surface area contributed by atoms with E-state index in [1.54, 1.807) is 6.92 Å². The highest BCUT2D eigenvalue weighted by atomic mass is 32.2. The third-order valence-electron chi connectivity index (χ3n) is 4.25. The van der Waals surface area contributed by atoms with E-state index < -0.39 is 22.4 Å². The summed E-state index contributed by atoms with van der Waals surface area (Å²) in [5.41, 5.74) is 1.52. The number of carbonyl (C=O) groups is 2. The molecule has 1 spiro atoms. The lowest BCUT2D eigenvalue weighted by Crippen LogP contribution is -2.43. The molecule has 1 unspecified atom stereocenters. The van der Waals surface area contributed by atoms with Crippen LogP contribution in [-0.4, -0.2) is 39.2 Å². The lowest BCUT2D eigenvalue weighted by molar-refractivity contribution is -0.138. The van der Waals surface area contributed by atoms with Crippen molar-refractivity contribution in [3.63, 3.8) is 0 Å². The van der Waals surface area contributed by atoms with E-state index in [-0.39, 0.29) is 30.7 Å². The van der Waals surface area contributed by atoms with Crippen molar-refractivity contribution in [1.29, 1.82) is 5.41 Å². The summed E-state index contributed by atoms with van der Waals surface area (Å²) in [6.07, 6.45) is 0.403. The lowest BCUT2D eigenvalue weighted by atomic mass is 9.85. The summed E-state index contributed by atoms with van der Waals surface area (Å²) in [7, 11) is 0. The summed E-state index contributed by atoms with van der Waals surface area (Å²) >= 11 is 1.07. The van der Waals surface area contributed by atoms with Gasteiger partial charge in [0.05, 0.1) is 12.3 Å². The van der Waals surface area contributed by atoms with E-state index in [4.69, 9.17) is 10.1 Å². The Morgan fingerprint density at radius 1 is 1.42 bits per heavy atom. The fourth-order valence-electron chi connectivity index (χ4n) is 2.86. The van der Waals surface area contributed by atoms with Crippen LogP contribution >= 0.6 is 11.8 Å². The molecule has 3 N–H and O–H groups in total. The normalized spacial score (nSPS) is 24.3. The van der Waals surface area contributed by atoms with Crippen molar-refractivity contribution in [2.75, 3.05) is 6.61 Å². The van der Waals surface area contributed by atoms with Crippen molar-refractivity contribution in [2.24, 2.45) is 4.99 Å². The van der Waals surface area contributed by atoms with Gasteiger partial charge in [0.15, 0.2) is 9.91 Å². The fourth-order valence-corrected chi connectivity index (χ4v) is 4.03. The maximum absolute atomic E-state index is 12.6. The number of aryl methyl sites for hydroxylation is 1. The number of benzene rings is 1. The Hall–Kier alpha value is -2.61. The molecule has 1 atom stereocenters. The molecule has 1 amide bonds. The number of hydrogen-bond acceptors (Lipinski definition) is 7. The predicted octanol–water partition coefficient (Wildman–Crippen LogP) is 2.77. The second kappa shape index (κ2) is 6.95. The quantitative estimate of drug-likeness (QED) is 0.705. The van der Waals surface area contributed by atoms with Crippen molar-refractivity contribution >= 4 is 40.2 Å². The number of ether oxygens (including phenoxy) is 1. The Bertz CT molecular complexity index is 844. The molecule has 1 aliphatic carbocycles. The minimum absolute atomic E-state index is 0.0242. The minimum atomic E-state index is -1.35. The summed E-state index contributed by atoms with van der Waals surface area (Å²) in [5, 5.41) is 21.7. The van der Waals surface area contributed by atoms with Crippen LogP contribution in [0.4, 0.5) is 5.69 Å². The molecule has 1 aromatic carbocycles. The van der Waals surface area contributed by atoms with Crippen LogP contribution in [0.5, 0.6) is 0 Å². The van der Waals surface area contributed by atoms with Crippen LogP contribution in [0.1, 0.15) is 25.3 Å². The molecule has 0 bridgehead atoms. The van der Waals surface area contributed by atoms with E-state index in [1.165, 1.54) is 0 Å². The smallest absolute Gasteiger partial charge is 0.343 e. The number of nitrogens with zero attached hydrogens (tertiary/aromatic N) is 1. The topological polar surface area (TPSA) is 112 Å². The largest absolute Gasteiger partial charge is 0.509 e. The van der Waals surface area contributed by atoms with Gasteiger partial charge in [-0.25, -0.2) is 9.79 Å². The molecule has 0 saturated carbocycles. The van der Waals surface area contributed by atoms with E-state index >= 15 is 0 Å². The predicted molar refractivity (Wildman–Crippen MR) is 100.0 cm³/mol. The number of amidine groups is 1. The number of thioether (sulfide) groups is 1. The molecule has 26 heavy (non-hydrogen) atoms. The van der Waals surface area contributed by atoms with Crippen LogP contribution in [0.3, 0.4) is 0 Å². The van der Waals surface area contributed by atoms with Crippen molar-refractivity contribution < 1.29 is 19.4 Å². The number of aliphatic imine (C=N–C) groups is 1. The number of carbonyl (C=O) groups excluding carboxylic acids is 2. The fraction of sp³-hybridized carbons (Fsp3) is 0.333. The van der Waals surface area contributed by atoms with Gasteiger partial charge in [0.25, 0.3) is 0 Å². The van der Waals surface area contributed by atoms with Gasteiger partial charge in [0, 0.05) is 5.71 Å². The van der Waals surface area contributed by atoms with E-state index in [0.29, 0.717) is 10.9 Å². The Kier molecular flexibility index (Phi) is 4.86. The molecular weight excluding hydrogens is 354 g/mol. The standard InChI is InChI=1S/C18H19N3O4S/c1-3-25-15(23)13-12(19)8-9-18(14(13)22)16(24)21-17(26-18)20-11-6-4-10(2)5-7-11/h4-7,19,22H,3,8-9H2,1-2H3,(H,20,21,24). The van der Waals surface area contributed by atoms with Crippen LogP contribution in [-0.2, 0) is 14.3 Å². The number of rotatable bonds is 3. The molecule has 0 aromatic heterocycles. The molecule has 136 valence electrons. The molecule has 2 aliphatic rings. The van der Waals surface area contributed by atoms with Crippen molar-refractivity contribution in [1.82, 2.24) is 5.32 Å². The van der Waals surface area contributed by atoms with E-state index in [0.717, 1.165) is 17.3 Å². The molecule has 1 fully saturated rings. The van der Waals surface area contributed by atoms with Crippen molar-refractivity contribution in [3.8, 4) is 0 Å². The molecule has 8 heteroatoms. The van der Waals surface area contributed by atoms with E-state index in [1.807, 2.05) is 31.2 Å². The van der Waals surface area contributed by atoms with Gasteiger partial charge >= 0.3 is 5.97 Å². The van der Waals surface area contributed by atoms with Crippen LogP contribution in [0, 0.1) is 12.3 Å². The van der Waals surface area contributed by atoms with Crippen LogP contribution in [0.15, 0.2) is 40.6 Å². The highest BCUT2D eigenvalue weighted by molar-refractivity contribution is 8.16. The Labute approximate surface area is 155 Å². The maximum Gasteiger partial charge on any atom is 0.343 e. The highest BCUT2D eigenvalue weighted by Crippen LogP contribution is 2.46. The van der Waals surface area contributed by atoms with E-state index in [9.17, 15) is 14.7 Å². The average Bonchev–Trinajstić information content (AvgIpc) is 2.90. The zero-order valence-electron chi connectivity index (χ0n) is 14.5. The SMILES string of the molecule is CCOC(=O)C1=C(O)C2(CCC1=N)SC(=Nc1ccc(C)cc1)NC2=O. The van der Waals surface area contributed by atoms with Gasteiger partial charge in [0.1, 0.15) is 11.3 Å². The number of aliphatic hydroxyl groups is 1. The first-order valence-electron chi connectivity index (χ1n) is 8.22. The Morgan fingerprint density at radius 2 is 2.12 bits per heavy atom. The van der Waals surface area contributed by atoms with Crippen LogP contribution in [0.2, 0.25) is 0 Å². The van der Waals surface area contributed by atoms with Gasteiger partial charge in [-0.15, -0.1) is 0 Å². The number of hydrogen-bond donors (Lipinski definition) is 3. The third kappa shape index (κ3) is 3.12. The number of amides is 1. The summed E-state index contributed by atoms with van der Waals surface area (Å²) in [5.74, 6) is -1.66. The van der Waals surface area contributed by atoms with Gasteiger partial charge in [-0.3, -0.25) is 4.79 Å². The summed E-state index contributed by atoms with van der Waals surface area (Å²) in [6.45, 7) is 3.73. The molecule has 7 nitrogen and oxygen atoms in total. The number of aliphatic hydroxyl groups excluding tert-OH is 1. The van der Waals surface area contributed by atoms with Crippen molar-refractivity contribution in [3.05, 3.63) is 41.2 Å². The lowest BCUT2D eigenvalue weighted by Gasteiger charge is -2.30. The van der Waals surface area contributed by atoms with E-state index in [2.05, 4.69) is 10.3 Å².